The minimum absolute atomic E-state index is 0.362. The molecule has 1 fully saturated rings. The minimum atomic E-state index is 0.362. The van der Waals surface area contributed by atoms with Crippen molar-refractivity contribution in [3.05, 3.63) is 51.7 Å². The van der Waals surface area contributed by atoms with Crippen LogP contribution in [0, 0.1) is 6.92 Å². The van der Waals surface area contributed by atoms with Crippen LogP contribution in [0.3, 0.4) is 0 Å². The van der Waals surface area contributed by atoms with Crippen LogP contribution in [0.2, 0.25) is 0 Å². The van der Waals surface area contributed by atoms with Gasteiger partial charge in [0.1, 0.15) is 5.75 Å². The molecule has 1 aliphatic heterocycles. The van der Waals surface area contributed by atoms with Crippen LogP contribution in [-0.4, -0.2) is 44.9 Å². The zero-order valence-corrected chi connectivity index (χ0v) is 15.3. The summed E-state index contributed by atoms with van der Waals surface area (Å²) >= 11 is 1.86. The van der Waals surface area contributed by atoms with Gasteiger partial charge in [0, 0.05) is 42.0 Å². The molecule has 0 bridgehead atoms. The molecule has 0 radical (unpaired) electrons. The summed E-state index contributed by atoms with van der Waals surface area (Å²) in [6.45, 7) is 7.61. The zero-order chi connectivity index (χ0) is 16.8. The van der Waals surface area contributed by atoms with Crippen LogP contribution in [0.25, 0.3) is 0 Å². The van der Waals surface area contributed by atoms with Crippen LogP contribution in [0.1, 0.15) is 21.4 Å². The number of hydrogen-bond acceptors (Lipinski definition) is 5. The number of benzene rings is 1. The molecule has 0 spiro atoms. The summed E-state index contributed by atoms with van der Waals surface area (Å²) in [6, 6.07) is 13.2. The quantitative estimate of drug-likeness (QED) is 0.835. The van der Waals surface area contributed by atoms with Gasteiger partial charge in [-0.25, -0.2) is 0 Å². The van der Waals surface area contributed by atoms with Gasteiger partial charge >= 0.3 is 0 Å². The maximum atomic E-state index is 5.52. The maximum absolute atomic E-state index is 5.52. The molecular weight excluding hydrogens is 320 g/mol. The third-order valence-electron chi connectivity index (χ3n) is 4.42. The van der Waals surface area contributed by atoms with Crippen molar-refractivity contribution in [1.82, 2.24) is 10.2 Å². The first kappa shape index (κ1) is 17.4. The van der Waals surface area contributed by atoms with E-state index in [2.05, 4.69) is 41.4 Å². The van der Waals surface area contributed by atoms with Crippen molar-refractivity contribution in [3.8, 4) is 5.75 Å². The van der Waals surface area contributed by atoms with Crippen molar-refractivity contribution in [2.75, 3.05) is 40.0 Å². The van der Waals surface area contributed by atoms with Gasteiger partial charge in [0.2, 0.25) is 0 Å². The van der Waals surface area contributed by atoms with E-state index in [0.717, 1.165) is 45.1 Å². The highest BCUT2D eigenvalue weighted by atomic mass is 32.1. The number of ether oxygens (including phenoxy) is 2. The van der Waals surface area contributed by atoms with Gasteiger partial charge in [0.15, 0.2) is 0 Å². The molecule has 0 amide bonds. The van der Waals surface area contributed by atoms with Gasteiger partial charge in [0.05, 0.1) is 20.3 Å². The molecule has 1 aliphatic rings. The summed E-state index contributed by atoms with van der Waals surface area (Å²) in [4.78, 5) is 5.27. The van der Waals surface area contributed by atoms with Crippen LogP contribution >= 0.6 is 11.3 Å². The van der Waals surface area contributed by atoms with Gasteiger partial charge in [-0.1, -0.05) is 12.1 Å². The number of morpholine rings is 1. The Bertz CT molecular complexity index is 621. The monoisotopic (exact) mass is 346 g/mol. The Morgan fingerprint density at radius 1 is 1.17 bits per heavy atom. The molecule has 1 unspecified atom stereocenters. The van der Waals surface area contributed by atoms with Crippen molar-refractivity contribution >= 4 is 11.3 Å². The highest BCUT2D eigenvalue weighted by molar-refractivity contribution is 7.11. The summed E-state index contributed by atoms with van der Waals surface area (Å²) < 4.78 is 10.8. The molecule has 130 valence electrons. The number of aryl methyl sites for hydroxylation is 1. The number of methoxy groups -OCH3 is 1. The third-order valence-corrected chi connectivity index (χ3v) is 5.42. The van der Waals surface area contributed by atoms with Crippen molar-refractivity contribution < 1.29 is 9.47 Å². The fraction of sp³-hybridized carbons (Fsp3) is 0.474. The maximum Gasteiger partial charge on any atom is 0.118 e. The van der Waals surface area contributed by atoms with Gasteiger partial charge in [-0.2, -0.15) is 0 Å². The number of nitrogens with one attached hydrogen (secondary N) is 1. The summed E-state index contributed by atoms with van der Waals surface area (Å²) in [5, 5.41) is 3.64. The molecule has 5 heteroatoms. The SMILES string of the molecule is COc1ccc(C(CNCc2ccc(C)s2)N2CCOCC2)cc1. The Morgan fingerprint density at radius 3 is 2.54 bits per heavy atom. The smallest absolute Gasteiger partial charge is 0.118 e. The Balaban J connectivity index is 1.66. The summed E-state index contributed by atoms with van der Waals surface area (Å²) in [5.74, 6) is 0.904. The average Bonchev–Trinajstić information content (AvgIpc) is 3.05. The molecule has 0 saturated carbocycles. The summed E-state index contributed by atoms with van der Waals surface area (Å²) in [7, 11) is 1.71. The lowest BCUT2D eigenvalue weighted by Gasteiger charge is -2.35. The summed E-state index contributed by atoms with van der Waals surface area (Å²) in [5.41, 5.74) is 1.33. The van der Waals surface area contributed by atoms with Gasteiger partial charge in [-0.05, 0) is 36.8 Å². The summed E-state index contributed by atoms with van der Waals surface area (Å²) in [6.07, 6.45) is 0. The Labute approximate surface area is 148 Å². The number of rotatable bonds is 7. The Hall–Kier alpha value is -1.40. The number of nitrogens with zero attached hydrogens (tertiary/aromatic N) is 1. The van der Waals surface area contributed by atoms with Crippen molar-refractivity contribution in [2.24, 2.45) is 0 Å². The molecule has 24 heavy (non-hydrogen) atoms. The molecule has 1 aromatic heterocycles. The van der Waals surface area contributed by atoms with Gasteiger partial charge in [-0.15, -0.1) is 11.3 Å². The van der Waals surface area contributed by atoms with E-state index < -0.39 is 0 Å². The van der Waals surface area contributed by atoms with Crippen LogP contribution in [-0.2, 0) is 11.3 Å². The lowest BCUT2D eigenvalue weighted by molar-refractivity contribution is 0.0161. The van der Waals surface area contributed by atoms with Gasteiger partial charge in [0.25, 0.3) is 0 Å². The van der Waals surface area contributed by atoms with Crippen LogP contribution in [0.15, 0.2) is 36.4 Å². The second-order valence-electron chi connectivity index (χ2n) is 6.08. The van der Waals surface area contributed by atoms with Crippen LogP contribution in [0.4, 0.5) is 0 Å². The second kappa shape index (κ2) is 8.62. The van der Waals surface area contributed by atoms with Crippen molar-refractivity contribution in [1.29, 1.82) is 0 Å². The van der Waals surface area contributed by atoms with E-state index in [-0.39, 0.29) is 0 Å². The first-order valence-corrected chi connectivity index (χ1v) is 9.29. The molecule has 2 aromatic rings. The normalized spacial score (nSPS) is 16.9. The van der Waals surface area contributed by atoms with E-state index in [0.29, 0.717) is 6.04 Å². The highest BCUT2D eigenvalue weighted by Crippen LogP contribution is 2.24. The average molecular weight is 346 g/mol. The molecule has 1 N–H and O–H groups in total. The molecule has 3 rings (SSSR count). The van der Waals surface area contributed by atoms with Gasteiger partial charge < -0.3 is 14.8 Å². The van der Waals surface area contributed by atoms with Crippen molar-refractivity contribution in [2.45, 2.75) is 19.5 Å². The predicted octanol–water partition coefficient (Wildman–Crippen LogP) is 3.23. The fourth-order valence-electron chi connectivity index (χ4n) is 3.09. The highest BCUT2D eigenvalue weighted by Gasteiger charge is 2.22. The number of thiophene rings is 1. The lowest BCUT2D eigenvalue weighted by atomic mass is 10.0. The van der Waals surface area contributed by atoms with E-state index in [1.807, 2.05) is 23.5 Å². The standard InChI is InChI=1S/C19H26N2O2S/c1-15-3-8-18(24-15)13-20-14-19(21-9-11-23-12-10-21)16-4-6-17(22-2)7-5-16/h3-8,19-20H,9-14H2,1-2H3. The predicted molar refractivity (Wildman–Crippen MR) is 98.9 cm³/mol. The Morgan fingerprint density at radius 2 is 1.92 bits per heavy atom. The molecule has 1 aromatic carbocycles. The van der Waals surface area contributed by atoms with Crippen LogP contribution < -0.4 is 10.1 Å². The van der Waals surface area contributed by atoms with E-state index in [1.165, 1.54) is 15.3 Å². The topological polar surface area (TPSA) is 33.7 Å². The molecule has 2 heterocycles. The zero-order valence-electron chi connectivity index (χ0n) is 14.5. The Kier molecular flexibility index (Phi) is 6.26. The largest absolute Gasteiger partial charge is 0.497 e. The van der Waals surface area contributed by atoms with Crippen molar-refractivity contribution in [3.63, 3.8) is 0 Å². The molecular formula is C19H26N2O2S. The molecule has 0 aliphatic carbocycles. The van der Waals surface area contributed by atoms with E-state index in [1.54, 1.807) is 7.11 Å². The first-order chi connectivity index (χ1) is 11.8. The van der Waals surface area contributed by atoms with E-state index in [9.17, 15) is 0 Å². The molecule has 1 atom stereocenters. The first-order valence-electron chi connectivity index (χ1n) is 8.48. The van der Waals surface area contributed by atoms with E-state index >= 15 is 0 Å². The number of hydrogen-bond donors (Lipinski definition) is 1. The third kappa shape index (κ3) is 4.57. The molecule has 4 nitrogen and oxygen atoms in total. The second-order valence-corrected chi connectivity index (χ2v) is 7.45. The van der Waals surface area contributed by atoms with Gasteiger partial charge in [-0.3, -0.25) is 4.90 Å². The fourth-order valence-corrected chi connectivity index (χ4v) is 3.95. The molecule has 1 saturated heterocycles. The van der Waals surface area contributed by atoms with E-state index in [4.69, 9.17) is 9.47 Å². The van der Waals surface area contributed by atoms with Crippen LogP contribution in [0.5, 0.6) is 5.75 Å². The lowest BCUT2D eigenvalue weighted by Crippen LogP contribution is -2.42. The minimum Gasteiger partial charge on any atom is -0.497 e.